The van der Waals surface area contributed by atoms with Gasteiger partial charge in [0.15, 0.2) is 0 Å². The van der Waals surface area contributed by atoms with Crippen LogP contribution in [0.25, 0.3) is 0 Å². The predicted molar refractivity (Wildman–Crippen MR) is 75.8 cm³/mol. The zero-order valence-corrected chi connectivity index (χ0v) is 13.7. The van der Waals surface area contributed by atoms with Gasteiger partial charge in [0, 0.05) is 0 Å². The molecule has 0 aromatic carbocycles. The van der Waals surface area contributed by atoms with Crippen LogP contribution in [0.1, 0.15) is 0 Å². The zero-order chi connectivity index (χ0) is 17.8. The van der Waals surface area contributed by atoms with Gasteiger partial charge in [-0.1, -0.05) is 17.0 Å². The van der Waals surface area contributed by atoms with Crippen LogP contribution >= 0.6 is 0 Å². The summed E-state index contributed by atoms with van der Waals surface area (Å²) >= 11 is -0.750. The van der Waals surface area contributed by atoms with Crippen molar-refractivity contribution < 1.29 is 29.6 Å². The van der Waals surface area contributed by atoms with E-state index in [1.807, 2.05) is 12.2 Å². The van der Waals surface area contributed by atoms with Crippen LogP contribution in [0.5, 0.6) is 0 Å². The Kier molecular flexibility index (Phi) is 11.1. The number of hydrogen-bond acceptors (Lipinski definition) is 6. The van der Waals surface area contributed by atoms with E-state index in [-0.39, 0.29) is 0 Å². The molecule has 1 aromatic rings. The summed E-state index contributed by atoms with van der Waals surface area (Å²) in [7, 11) is -0.663. The highest BCUT2D eigenvalue weighted by Crippen LogP contribution is 2.03. The minimum absolute atomic E-state index is 0.750. The van der Waals surface area contributed by atoms with E-state index in [4.69, 9.17) is 8.42 Å². The Morgan fingerprint density at radius 3 is 1.86 bits per heavy atom. The van der Waals surface area contributed by atoms with Crippen LogP contribution in [-0.4, -0.2) is 63.7 Å². The Morgan fingerprint density at radius 2 is 1.68 bits per heavy atom. The average Bonchev–Trinajstić information content (AvgIpc) is 2.77. The molecule has 0 aliphatic heterocycles. The SMILES string of the molecule is C=CC[N+](C)(C)CC=C.O=S(=O)(F)c1n[nH]c(F)n1.O=S=O. The van der Waals surface area contributed by atoms with Crippen molar-refractivity contribution in [3.63, 3.8) is 0 Å². The molecule has 0 atom stereocenters. The number of quaternary nitrogens is 1. The molecular weight excluding hydrogens is 342 g/mol. The van der Waals surface area contributed by atoms with Gasteiger partial charge in [-0.2, -0.15) is 26.2 Å². The maximum absolute atomic E-state index is 11.8. The van der Waals surface area contributed by atoms with Crippen molar-refractivity contribution in [2.45, 2.75) is 5.16 Å². The first-order valence-electron chi connectivity index (χ1n) is 5.52. The summed E-state index contributed by atoms with van der Waals surface area (Å²) in [5.74, 6) is 0. The van der Waals surface area contributed by atoms with Gasteiger partial charge in [-0.3, -0.25) is 0 Å². The van der Waals surface area contributed by atoms with E-state index in [0.29, 0.717) is 0 Å². The zero-order valence-electron chi connectivity index (χ0n) is 12.0. The van der Waals surface area contributed by atoms with Gasteiger partial charge in [-0.05, 0) is 12.2 Å². The fourth-order valence-corrected chi connectivity index (χ4v) is 1.45. The first-order valence-corrected chi connectivity index (χ1v) is 7.57. The third kappa shape index (κ3) is 12.0. The van der Waals surface area contributed by atoms with Crippen molar-refractivity contribution >= 4 is 21.8 Å². The monoisotopic (exact) mass is 359 g/mol. The minimum atomic E-state index is -4.98. The van der Waals surface area contributed by atoms with E-state index in [9.17, 15) is 16.7 Å². The summed E-state index contributed by atoms with van der Waals surface area (Å²) in [6, 6.07) is 0. The van der Waals surface area contributed by atoms with Crippen molar-refractivity contribution in [2.75, 3.05) is 27.2 Å². The number of nitrogens with one attached hydrogen (secondary N) is 1. The van der Waals surface area contributed by atoms with E-state index in [1.54, 1.807) is 0 Å². The quantitative estimate of drug-likeness (QED) is 0.462. The number of aromatic nitrogens is 3. The van der Waals surface area contributed by atoms with Crippen LogP contribution < -0.4 is 0 Å². The van der Waals surface area contributed by atoms with Crippen LogP contribution in [0.3, 0.4) is 0 Å². The highest BCUT2D eigenvalue weighted by Gasteiger charge is 2.18. The molecule has 1 aromatic heterocycles. The second-order valence-corrected chi connectivity index (χ2v) is 5.67. The fourth-order valence-electron chi connectivity index (χ4n) is 1.11. The van der Waals surface area contributed by atoms with E-state index in [0.717, 1.165) is 17.6 Å². The van der Waals surface area contributed by atoms with Crippen LogP contribution in [0.15, 0.2) is 30.5 Å². The molecule has 22 heavy (non-hydrogen) atoms. The predicted octanol–water partition coefficient (Wildman–Crippen LogP) is 0.367. The largest absolute Gasteiger partial charge is 0.370 e. The normalized spacial score (nSPS) is 10.4. The average molecular weight is 359 g/mol. The molecule has 1 rings (SSSR count). The van der Waals surface area contributed by atoms with Gasteiger partial charge >= 0.3 is 33.0 Å². The van der Waals surface area contributed by atoms with Gasteiger partial charge < -0.3 is 4.48 Å². The number of hydrogen-bond donors (Lipinski definition) is 1. The molecule has 1 heterocycles. The molecule has 0 unspecified atom stereocenters. The summed E-state index contributed by atoms with van der Waals surface area (Å²) in [4.78, 5) is 2.59. The fraction of sp³-hybridized carbons (Fsp3) is 0.400. The number of halogens is 2. The second-order valence-electron chi connectivity index (χ2n) is 4.29. The maximum atomic E-state index is 11.8. The molecule has 0 spiro atoms. The molecule has 0 bridgehead atoms. The van der Waals surface area contributed by atoms with Gasteiger partial charge in [0.2, 0.25) is 0 Å². The molecule has 12 heteroatoms. The summed E-state index contributed by atoms with van der Waals surface area (Å²) < 4.78 is 60.9. The molecule has 126 valence electrons. The molecule has 0 aliphatic rings. The van der Waals surface area contributed by atoms with E-state index in [2.05, 4.69) is 37.3 Å². The number of likely N-dealkylation sites (N-methyl/N-ethyl adjacent to an activating group) is 1. The summed E-state index contributed by atoms with van der Waals surface area (Å²) in [5.41, 5.74) is 0. The number of nitrogens with zero attached hydrogens (tertiary/aromatic N) is 3. The molecule has 8 nitrogen and oxygen atoms in total. The van der Waals surface area contributed by atoms with Crippen molar-refractivity contribution in [1.29, 1.82) is 0 Å². The lowest BCUT2D eigenvalue weighted by Gasteiger charge is -2.26. The molecule has 0 saturated heterocycles. The van der Waals surface area contributed by atoms with Crippen molar-refractivity contribution in [2.24, 2.45) is 0 Å². The third-order valence-corrected chi connectivity index (χ3v) is 2.52. The molecule has 0 saturated carbocycles. The van der Waals surface area contributed by atoms with Crippen molar-refractivity contribution in [3.05, 3.63) is 31.4 Å². The molecule has 0 fully saturated rings. The van der Waals surface area contributed by atoms with Gasteiger partial charge in [-0.15, -0.1) is 5.10 Å². The summed E-state index contributed by atoms with van der Waals surface area (Å²) in [6.45, 7) is 9.37. The molecule has 1 N–H and O–H groups in total. The van der Waals surface area contributed by atoms with Crippen LogP contribution in [-0.2, 0) is 21.8 Å². The Balaban J connectivity index is 0. The van der Waals surface area contributed by atoms with Crippen LogP contribution in [0.2, 0.25) is 0 Å². The lowest BCUT2D eigenvalue weighted by molar-refractivity contribution is -0.878. The molecular formula is C10H17F2N4O4S2+. The van der Waals surface area contributed by atoms with E-state index >= 15 is 0 Å². The van der Waals surface area contributed by atoms with Gasteiger partial charge in [0.05, 0.1) is 27.2 Å². The van der Waals surface area contributed by atoms with E-state index in [1.165, 1.54) is 5.10 Å². The lowest BCUT2D eigenvalue weighted by atomic mass is 10.4. The highest BCUT2D eigenvalue weighted by atomic mass is 32.3. The summed E-state index contributed by atoms with van der Waals surface area (Å²) in [6.07, 6.45) is 2.63. The minimum Gasteiger partial charge on any atom is -0.322 e. The first kappa shape index (κ1) is 22.5. The standard InChI is InChI=1S/C8H16N.C2HF2N3O2S.O2S/c1-5-7-9(3,4)8-6-2;3-1-5-2(7-6-1)10(4,8)9;1-3-2/h5-6H,1-2,7-8H2,3-4H3;(H,5,6,7);/q+1;;. The number of H-pyrrole nitrogens is 1. The van der Waals surface area contributed by atoms with Crippen LogP contribution in [0, 0.1) is 6.08 Å². The first-order chi connectivity index (χ1) is 10.0. The smallest absolute Gasteiger partial charge is 0.322 e. The van der Waals surface area contributed by atoms with Crippen LogP contribution in [0.4, 0.5) is 8.28 Å². The van der Waals surface area contributed by atoms with Gasteiger partial charge in [0.25, 0.3) is 0 Å². The number of rotatable bonds is 5. The Morgan fingerprint density at radius 1 is 1.27 bits per heavy atom. The van der Waals surface area contributed by atoms with Gasteiger partial charge in [0.1, 0.15) is 0 Å². The third-order valence-electron chi connectivity index (χ3n) is 1.90. The van der Waals surface area contributed by atoms with E-state index < -0.39 is 33.0 Å². The van der Waals surface area contributed by atoms with Gasteiger partial charge in [-0.25, -0.2) is 5.10 Å². The Hall–Kier alpha value is -1.79. The summed E-state index contributed by atoms with van der Waals surface area (Å²) in [5, 5.41) is 3.05. The van der Waals surface area contributed by atoms with Crippen molar-refractivity contribution in [3.8, 4) is 0 Å². The molecule has 0 radical (unpaired) electrons. The molecule has 0 aliphatic carbocycles. The lowest BCUT2D eigenvalue weighted by Crippen LogP contribution is -2.39. The Bertz CT molecular complexity index is 598. The highest BCUT2D eigenvalue weighted by molar-refractivity contribution is 7.86. The van der Waals surface area contributed by atoms with Crippen molar-refractivity contribution in [1.82, 2.24) is 15.2 Å². The maximum Gasteiger partial charge on any atom is 0.370 e. The number of aromatic amines is 1. The second kappa shape index (κ2) is 10.9. The molecule has 0 amide bonds. The topological polar surface area (TPSA) is 110 Å². The Labute approximate surface area is 131 Å².